The van der Waals surface area contributed by atoms with Crippen LogP contribution in [0.3, 0.4) is 0 Å². The molecule has 1 aromatic heterocycles. The highest BCUT2D eigenvalue weighted by Gasteiger charge is 2.12. The summed E-state index contributed by atoms with van der Waals surface area (Å²) >= 11 is 0. The van der Waals surface area contributed by atoms with Crippen molar-refractivity contribution in [2.75, 3.05) is 7.11 Å². The molecule has 4 rings (SSSR count). The molecule has 138 valence electrons. The fourth-order valence-corrected chi connectivity index (χ4v) is 2.91. The average Bonchev–Trinajstić information content (AvgIpc) is 2.74. The molecule has 0 saturated carbocycles. The van der Waals surface area contributed by atoms with E-state index in [1.165, 1.54) is 11.1 Å². The summed E-state index contributed by atoms with van der Waals surface area (Å²) in [5.74, 6) is 2.77. The molecule has 28 heavy (non-hydrogen) atoms. The number of hydrogen-bond acceptors (Lipinski definition) is 4. The van der Waals surface area contributed by atoms with Gasteiger partial charge in [0.1, 0.15) is 5.75 Å². The van der Waals surface area contributed by atoms with E-state index in [0.29, 0.717) is 17.5 Å². The van der Waals surface area contributed by atoms with Crippen LogP contribution in [0, 0.1) is 13.8 Å². The fraction of sp³-hybridized carbons (Fsp3) is 0.125. The normalized spacial score (nSPS) is 10.7. The first-order chi connectivity index (χ1) is 13.6. The molecule has 1 heterocycles. The fourth-order valence-electron chi connectivity index (χ4n) is 2.91. The minimum Gasteiger partial charge on any atom is -0.497 e. The molecule has 0 bridgehead atoms. The number of ether oxygens (including phenoxy) is 1. The molecule has 0 N–H and O–H groups in total. The zero-order valence-electron chi connectivity index (χ0n) is 16.2. The van der Waals surface area contributed by atoms with Crippen molar-refractivity contribution >= 4 is 0 Å². The summed E-state index contributed by atoms with van der Waals surface area (Å²) in [6.07, 6.45) is 0. The van der Waals surface area contributed by atoms with Crippen LogP contribution >= 0.6 is 0 Å². The van der Waals surface area contributed by atoms with Crippen molar-refractivity contribution in [1.82, 2.24) is 15.0 Å². The summed E-state index contributed by atoms with van der Waals surface area (Å²) in [6, 6.07) is 24.2. The zero-order valence-corrected chi connectivity index (χ0v) is 16.2. The van der Waals surface area contributed by atoms with Gasteiger partial charge in [0.05, 0.1) is 7.11 Å². The second-order valence-electron chi connectivity index (χ2n) is 6.77. The highest BCUT2D eigenvalue weighted by Crippen LogP contribution is 2.26. The molecule has 0 spiro atoms. The van der Waals surface area contributed by atoms with E-state index in [-0.39, 0.29) is 0 Å². The van der Waals surface area contributed by atoms with Gasteiger partial charge in [-0.1, -0.05) is 59.7 Å². The van der Waals surface area contributed by atoms with Gasteiger partial charge in [-0.3, -0.25) is 0 Å². The lowest BCUT2D eigenvalue weighted by molar-refractivity contribution is 0.415. The Morgan fingerprint density at radius 3 is 1.14 bits per heavy atom. The minimum absolute atomic E-state index is 0.642. The van der Waals surface area contributed by atoms with Crippen LogP contribution in [0.25, 0.3) is 34.2 Å². The Kier molecular flexibility index (Phi) is 4.85. The lowest BCUT2D eigenvalue weighted by Crippen LogP contribution is -2.00. The number of nitrogens with zero attached hydrogens (tertiary/aromatic N) is 3. The van der Waals surface area contributed by atoms with Crippen molar-refractivity contribution in [1.29, 1.82) is 0 Å². The first-order valence-corrected chi connectivity index (χ1v) is 9.17. The molecule has 4 nitrogen and oxygen atoms in total. The number of benzene rings is 3. The Bertz CT molecular complexity index is 1020. The third-order valence-corrected chi connectivity index (χ3v) is 4.60. The van der Waals surface area contributed by atoms with Crippen LogP contribution in [-0.2, 0) is 0 Å². The summed E-state index contributed by atoms with van der Waals surface area (Å²) in [7, 11) is 1.66. The lowest BCUT2D eigenvalue weighted by Gasteiger charge is -2.09. The monoisotopic (exact) mass is 367 g/mol. The summed E-state index contributed by atoms with van der Waals surface area (Å²) in [5, 5.41) is 0. The van der Waals surface area contributed by atoms with Crippen LogP contribution in [0.15, 0.2) is 72.8 Å². The number of aromatic nitrogens is 3. The van der Waals surface area contributed by atoms with Gasteiger partial charge in [0, 0.05) is 16.7 Å². The molecule has 0 aliphatic rings. The summed E-state index contributed by atoms with van der Waals surface area (Å²) in [6.45, 7) is 4.13. The summed E-state index contributed by atoms with van der Waals surface area (Å²) in [4.78, 5) is 14.2. The van der Waals surface area contributed by atoms with E-state index in [1.54, 1.807) is 7.11 Å². The number of methoxy groups -OCH3 is 1. The van der Waals surface area contributed by atoms with Crippen molar-refractivity contribution in [2.24, 2.45) is 0 Å². The van der Waals surface area contributed by atoms with Gasteiger partial charge in [-0.2, -0.15) is 0 Å². The molecule has 0 saturated heterocycles. The molecule has 0 unspecified atom stereocenters. The number of aryl methyl sites for hydroxylation is 2. The Morgan fingerprint density at radius 2 is 0.821 bits per heavy atom. The van der Waals surface area contributed by atoms with Gasteiger partial charge in [0.25, 0.3) is 0 Å². The molecule has 3 aromatic carbocycles. The van der Waals surface area contributed by atoms with Gasteiger partial charge in [-0.25, -0.2) is 15.0 Å². The lowest BCUT2D eigenvalue weighted by atomic mass is 10.1. The maximum atomic E-state index is 5.26. The molecular weight excluding hydrogens is 346 g/mol. The van der Waals surface area contributed by atoms with Gasteiger partial charge in [0.15, 0.2) is 17.5 Å². The zero-order chi connectivity index (χ0) is 19.5. The second kappa shape index (κ2) is 7.61. The molecular formula is C24H21N3O. The second-order valence-corrected chi connectivity index (χ2v) is 6.77. The van der Waals surface area contributed by atoms with Crippen LogP contribution in [0.2, 0.25) is 0 Å². The molecule has 0 aliphatic heterocycles. The van der Waals surface area contributed by atoms with Crippen molar-refractivity contribution in [3.05, 3.63) is 83.9 Å². The molecule has 0 atom stereocenters. The van der Waals surface area contributed by atoms with Crippen molar-refractivity contribution in [3.63, 3.8) is 0 Å². The Balaban J connectivity index is 1.86. The highest BCUT2D eigenvalue weighted by atomic mass is 16.5. The SMILES string of the molecule is COc1ccc(-c2nc(-c3ccc(C)cc3)nc(-c3ccc(C)cc3)n2)cc1. The average molecular weight is 367 g/mol. The number of rotatable bonds is 4. The van der Waals surface area contributed by atoms with Crippen LogP contribution < -0.4 is 4.74 Å². The van der Waals surface area contributed by atoms with E-state index in [2.05, 4.69) is 38.1 Å². The molecule has 0 fully saturated rings. The van der Waals surface area contributed by atoms with Gasteiger partial charge in [0.2, 0.25) is 0 Å². The Labute approximate surface area is 164 Å². The Morgan fingerprint density at radius 1 is 0.500 bits per heavy atom. The van der Waals surface area contributed by atoms with Gasteiger partial charge < -0.3 is 4.74 Å². The van der Waals surface area contributed by atoms with E-state index < -0.39 is 0 Å². The van der Waals surface area contributed by atoms with Crippen LogP contribution in [0.4, 0.5) is 0 Å². The van der Waals surface area contributed by atoms with E-state index in [4.69, 9.17) is 19.7 Å². The van der Waals surface area contributed by atoms with Gasteiger partial charge in [-0.05, 0) is 38.1 Å². The van der Waals surface area contributed by atoms with E-state index in [9.17, 15) is 0 Å². The predicted molar refractivity (Wildman–Crippen MR) is 112 cm³/mol. The largest absolute Gasteiger partial charge is 0.497 e. The molecule has 0 amide bonds. The van der Waals surface area contributed by atoms with Gasteiger partial charge >= 0.3 is 0 Å². The quantitative estimate of drug-likeness (QED) is 0.478. The maximum Gasteiger partial charge on any atom is 0.164 e. The molecule has 4 aromatic rings. The third-order valence-electron chi connectivity index (χ3n) is 4.60. The first kappa shape index (κ1) is 17.9. The standard InChI is InChI=1S/C24H21N3O/c1-16-4-8-18(9-5-16)22-25-23(19-10-6-17(2)7-11-19)27-24(26-22)20-12-14-21(28-3)15-13-20/h4-15H,1-3H3. The van der Waals surface area contributed by atoms with Gasteiger partial charge in [-0.15, -0.1) is 0 Å². The predicted octanol–water partition coefficient (Wildman–Crippen LogP) is 5.50. The topological polar surface area (TPSA) is 47.9 Å². The van der Waals surface area contributed by atoms with Crippen LogP contribution in [-0.4, -0.2) is 22.1 Å². The smallest absolute Gasteiger partial charge is 0.164 e. The van der Waals surface area contributed by atoms with Crippen molar-refractivity contribution < 1.29 is 4.74 Å². The Hall–Kier alpha value is -3.53. The summed E-state index contributed by atoms with van der Waals surface area (Å²) < 4.78 is 5.26. The minimum atomic E-state index is 0.642. The summed E-state index contributed by atoms with van der Waals surface area (Å²) in [5.41, 5.74) is 5.26. The third kappa shape index (κ3) is 3.76. The van der Waals surface area contributed by atoms with Crippen LogP contribution in [0.1, 0.15) is 11.1 Å². The highest BCUT2D eigenvalue weighted by molar-refractivity contribution is 5.66. The molecule has 0 radical (unpaired) electrons. The van der Waals surface area contributed by atoms with E-state index in [1.807, 2.05) is 48.5 Å². The van der Waals surface area contributed by atoms with Crippen molar-refractivity contribution in [3.8, 4) is 39.9 Å². The van der Waals surface area contributed by atoms with E-state index in [0.717, 1.165) is 22.4 Å². The number of hydrogen-bond donors (Lipinski definition) is 0. The van der Waals surface area contributed by atoms with Crippen molar-refractivity contribution in [2.45, 2.75) is 13.8 Å². The first-order valence-electron chi connectivity index (χ1n) is 9.17. The molecule has 4 heteroatoms. The molecule has 0 aliphatic carbocycles. The van der Waals surface area contributed by atoms with E-state index >= 15 is 0 Å². The van der Waals surface area contributed by atoms with Crippen LogP contribution in [0.5, 0.6) is 5.75 Å². The maximum absolute atomic E-state index is 5.26.